The van der Waals surface area contributed by atoms with E-state index in [-0.39, 0.29) is 5.75 Å². The fourth-order valence-corrected chi connectivity index (χ4v) is 6.36. The lowest BCUT2D eigenvalue weighted by molar-refractivity contribution is -0.0603. The van der Waals surface area contributed by atoms with E-state index < -0.39 is 15.6 Å². The van der Waals surface area contributed by atoms with E-state index in [1.54, 1.807) is 11.2 Å². The quantitative estimate of drug-likeness (QED) is 0.663. The minimum absolute atomic E-state index is 0.132. The van der Waals surface area contributed by atoms with E-state index in [0.717, 1.165) is 34.5 Å². The molecule has 10 heteroatoms. The summed E-state index contributed by atoms with van der Waals surface area (Å²) < 4.78 is 28.0. The minimum atomic E-state index is -3.17. The van der Waals surface area contributed by atoms with Gasteiger partial charge in [0.2, 0.25) is 10.0 Å². The molecule has 0 radical (unpaired) electrons. The minimum Gasteiger partial charge on any atom is -0.381 e. The Balaban J connectivity index is 1.46. The van der Waals surface area contributed by atoms with Gasteiger partial charge in [-0.15, -0.1) is 0 Å². The fourth-order valence-electron chi connectivity index (χ4n) is 5.25. The summed E-state index contributed by atoms with van der Waals surface area (Å²) in [6, 6.07) is 0.437. The Morgan fingerprint density at radius 1 is 1.18 bits per heavy atom. The molecule has 0 bridgehead atoms. The van der Waals surface area contributed by atoms with Gasteiger partial charge in [0.25, 0.3) is 0 Å². The van der Waals surface area contributed by atoms with Crippen LogP contribution in [0.5, 0.6) is 0 Å². The summed E-state index contributed by atoms with van der Waals surface area (Å²) >= 11 is 0. The van der Waals surface area contributed by atoms with Gasteiger partial charge in [-0.3, -0.25) is 10.3 Å². The lowest BCUT2D eigenvalue weighted by Crippen LogP contribution is -2.47. The number of rotatable bonds is 6. The van der Waals surface area contributed by atoms with Crippen LogP contribution in [0.15, 0.2) is 18.5 Å². The molecule has 4 heterocycles. The molecule has 0 aromatic carbocycles. The van der Waals surface area contributed by atoms with Crippen LogP contribution in [0.4, 0.5) is 5.69 Å². The average Bonchev–Trinajstić information content (AvgIpc) is 3.45. The number of nitrogens with zero attached hydrogens (tertiary/aromatic N) is 4. The van der Waals surface area contributed by atoms with Crippen molar-refractivity contribution in [2.45, 2.75) is 77.0 Å². The van der Waals surface area contributed by atoms with Gasteiger partial charge in [0.05, 0.1) is 28.7 Å². The predicted octanol–water partition coefficient (Wildman–Crippen LogP) is 3.26. The smallest absolute Gasteiger partial charge is 0.213 e. The standard InChI is InChI=1S/C23H34N6O3S/c1-3-29-22-19(16-25-29)21(26-17-8-6-5-7-9-17)18(15-24-22)20-14-23(32-27-20)10-12-28(13-11-23)33(30,31)4-2/h14-17,27H,3-13H2,1-2H3,(H,24,26). The molecule has 1 saturated heterocycles. The summed E-state index contributed by atoms with van der Waals surface area (Å²) in [4.78, 5) is 10.8. The fraction of sp³-hybridized carbons (Fsp3) is 0.652. The Morgan fingerprint density at radius 2 is 1.94 bits per heavy atom. The number of hydrogen-bond acceptors (Lipinski definition) is 7. The number of sulfonamides is 1. The highest BCUT2D eigenvalue weighted by atomic mass is 32.2. The first-order valence-corrected chi connectivity index (χ1v) is 13.8. The van der Waals surface area contributed by atoms with Crippen LogP contribution in [0.1, 0.15) is 64.4 Å². The molecule has 5 rings (SSSR count). The van der Waals surface area contributed by atoms with Crippen LogP contribution in [-0.2, 0) is 21.4 Å². The summed E-state index contributed by atoms with van der Waals surface area (Å²) in [5, 5.41) is 9.37. The lowest BCUT2D eigenvalue weighted by Gasteiger charge is -2.35. The second-order valence-electron chi connectivity index (χ2n) is 9.35. The Labute approximate surface area is 195 Å². The molecule has 180 valence electrons. The zero-order valence-corrected chi connectivity index (χ0v) is 20.3. The SMILES string of the molecule is CCn1ncc2c(NC3CCCCC3)c(C3=CC4(CCN(S(=O)(=O)CC)CC4)ON3)cnc21. The molecule has 1 spiro atoms. The number of anilines is 1. The van der Waals surface area contributed by atoms with Crippen molar-refractivity contribution in [3.8, 4) is 0 Å². The maximum absolute atomic E-state index is 12.3. The van der Waals surface area contributed by atoms with E-state index in [0.29, 0.717) is 32.0 Å². The number of nitrogens with one attached hydrogen (secondary N) is 2. The molecule has 2 aliphatic heterocycles. The third-order valence-electron chi connectivity index (χ3n) is 7.31. The molecule has 2 aromatic rings. The van der Waals surface area contributed by atoms with Crippen LogP contribution < -0.4 is 10.8 Å². The van der Waals surface area contributed by atoms with Gasteiger partial charge in [-0.2, -0.15) is 5.10 Å². The number of hydrogen-bond donors (Lipinski definition) is 2. The number of piperidine rings is 1. The van der Waals surface area contributed by atoms with Crippen LogP contribution in [0, 0.1) is 0 Å². The third-order valence-corrected chi connectivity index (χ3v) is 9.19. The van der Waals surface area contributed by atoms with Gasteiger partial charge < -0.3 is 5.32 Å². The summed E-state index contributed by atoms with van der Waals surface area (Å²) in [6.07, 6.45) is 13.3. The van der Waals surface area contributed by atoms with E-state index in [1.807, 2.05) is 17.1 Å². The van der Waals surface area contributed by atoms with E-state index in [9.17, 15) is 8.42 Å². The Bertz CT molecular complexity index is 1140. The van der Waals surface area contributed by atoms with Crippen LogP contribution in [0.2, 0.25) is 0 Å². The highest BCUT2D eigenvalue weighted by Gasteiger charge is 2.41. The highest BCUT2D eigenvalue weighted by Crippen LogP contribution is 2.39. The first kappa shape index (κ1) is 22.6. The van der Waals surface area contributed by atoms with Crippen molar-refractivity contribution in [1.82, 2.24) is 24.5 Å². The van der Waals surface area contributed by atoms with Gasteiger partial charge in [0.1, 0.15) is 5.60 Å². The van der Waals surface area contributed by atoms with Crippen molar-refractivity contribution in [1.29, 1.82) is 0 Å². The second-order valence-corrected chi connectivity index (χ2v) is 11.6. The molecule has 0 unspecified atom stereocenters. The number of hydroxylamine groups is 1. The van der Waals surface area contributed by atoms with Crippen molar-refractivity contribution in [3.05, 3.63) is 24.0 Å². The maximum atomic E-state index is 12.3. The average molecular weight is 475 g/mol. The molecular weight excluding hydrogens is 440 g/mol. The molecule has 2 aromatic heterocycles. The number of pyridine rings is 1. The summed E-state index contributed by atoms with van der Waals surface area (Å²) in [7, 11) is -3.17. The normalized spacial score (nSPS) is 21.9. The summed E-state index contributed by atoms with van der Waals surface area (Å²) in [5.41, 5.74) is 6.45. The van der Waals surface area contributed by atoms with Crippen LogP contribution >= 0.6 is 0 Å². The first-order valence-electron chi connectivity index (χ1n) is 12.2. The maximum Gasteiger partial charge on any atom is 0.213 e. The predicted molar refractivity (Wildman–Crippen MR) is 129 cm³/mol. The van der Waals surface area contributed by atoms with Gasteiger partial charge in [-0.25, -0.2) is 22.4 Å². The van der Waals surface area contributed by atoms with Crippen LogP contribution in [-0.4, -0.2) is 58.0 Å². The first-order chi connectivity index (χ1) is 15.9. The monoisotopic (exact) mass is 474 g/mol. The van der Waals surface area contributed by atoms with Gasteiger partial charge >= 0.3 is 0 Å². The molecular formula is C23H34N6O3S. The lowest BCUT2D eigenvalue weighted by atomic mass is 9.91. The van der Waals surface area contributed by atoms with E-state index in [4.69, 9.17) is 9.82 Å². The van der Waals surface area contributed by atoms with Crippen molar-refractivity contribution in [3.63, 3.8) is 0 Å². The largest absolute Gasteiger partial charge is 0.381 e. The Kier molecular flexibility index (Phi) is 6.09. The summed E-state index contributed by atoms with van der Waals surface area (Å²) in [5.74, 6) is 0.132. The Morgan fingerprint density at radius 3 is 2.64 bits per heavy atom. The van der Waals surface area contributed by atoms with Crippen LogP contribution in [0.25, 0.3) is 16.7 Å². The molecule has 9 nitrogen and oxygen atoms in total. The number of aromatic nitrogens is 3. The van der Waals surface area contributed by atoms with Crippen molar-refractivity contribution >= 4 is 32.4 Å². The molecule has 33 heavy (non-hydrogen) atoms. The van der Waals surface area contributed by atoms with Crippen molar-refractivity contribution < 1.29 is 13.3 Å². The molecule has 1 saturated carbocycles. The highest BCUT2D eigenvalue weighted by molar-refractivity contribution is 7.89. The summed E-state index contributed by atoms with van der Waals surface area (Å²) in [6.45, 7) is 5.46. The molecule has 3 aliphatic rings. The zero-order chi connectivity index (χ0) is 23.1. The van der Waals surface area contributed by atoms with Gasteiger partial charge in [0.15, 0.2) is 5.65 Å². The third kappa shape index (κ3) is 4.24. The van der Waals surface area contributed by atoms with Crippen molar-refractivity contribution in [2.75, 3.05) is 24.2 Å². The molecule has 1 aliphatic carbocycles. The number of aryl methyl sites for hydroxylation is 1. The molecule has 0 amide bonds. The van der Waals surface area contributed by atoms with Crippen molar-refractivity contribution in [2.24, 2.45) is 0 Å². The second kappa shape index (κ2) is 8.88. The van der Waals surface area contributed by atoms with Gasteiger partial charge in [0, 0.05) is 37.4 Å². The van der Waals surface area contributed by atoms with Crippen LogP contribution in [0.3, 0.4) is 0 Å². The molecule has 2 N–H and O–H groups in total. The Hall–Kier alpha value is -2.17. The molecule has 0 atom stereocenters. The number of fused-ring (bicyclic) bond motifs is 1. The zero-order valence-electron chi connectivity index (χ0n) is 19.5. The topological polar surface area (TPSA) is 101 Å². The van der Waals surface area contributed by atoms with E-state index >= 15 is 0 Å². The molecule has 2 fully saturated rings. The van der Waals surface area contributed by atoms with E-state index in [2.05, 4.69) is 28.9 Å². The van der Waals surface area contributed by atoms with Gasteiger partial charge in [-0.05, 0) is 45.6 Å². The van der Waals surface area contributed by atoms with Gasteiger partial charge in [-0.1, -0.05) is 19.3 Å². The van der Waals surface area contributed by atoms with E-state index in [1.165, 1.54) is 32.1 Å².